The fourth-order valence-corrected chi connectivity index (χ4v) is 1.57. The van der Waals surface area contributed by atoms with Crippen LogP contribution in [-0.4, -0.2) is 32.8 Å². The first-order chi connectivity index (χ1) is 5.71. The summed E-state index contributed by atoms with van der Waals surface area (Å²) in [6.45, 7) is 1.66. The molecule has 0 radical (unpaired) electrons. The van der Waals surface area contributed by atoms with Crippen LogP contribution in [0, 0.1) is 4.78 Å². The summed E-state index contributed by atoms with van der Waals surface area (Å²) in [5.74, 6) is -1.07. The van der Waals surface area contributed by atoms with Crippen LogP contribution in [0.1, 0.15) is 19.8 Å². The third-order valence-corrected chi connectivity index (χ3v) is 2.98. The van der Waals surface area contributed by atoms with Gasteiger partial charge in [0.05, 0.1) is 0 Å². The molecule has 0 aliphatic rings. The van der Waals surface area contributed by atoms with Crippen molar-refractivity contribution in [2.45, 2.75) is 25.3 Å². The SMILES string of the molecule is CC[C@](N)(CC[S@@](C)(=N)=O)C(=O)O. The molecule has 0 spiro atoms. The molecule has 0 amide bonds. The smallest absolute Gasteiger partial charge is 0.323 e. The van der Waals surface area contributed by atoms with Gasteiger partial charge in [0.1, 0.15) is 5.54 Å². The van der Waals surface area contributed by atoms with E-state index < -0.39 is 21.2 Å². The average molecular weight is 208 g/mol. The molecular formula is C7H16N2O3S. The largest absolute Gasteiger partial charge is 0.480 e. The van der Waals surface area contributed by atoms with Gasteiger partial charge in [-0.1, -0.05) is 6.92 Å². The van der Waals surface area contributed by atoms with Crippen LogP contribution in [0.25, 0.3) is 0 Å². The van der Waals surface area contributed by atoms with Crippen LogP contribution in [0.5, 0.6) is 0 Å². The number of nitrogens with two attached hydrogens (primary N) is 1. The van der Waals surface area contributed by atoms with E-state index in [1.54, 1.807) is 6.92 Å². The van der Waals surface area contributed by atoms with Crippen molar-refractivity contribution in [1.29, 1.82) is 4.78 Å². The topological polar surface area (TPSA) is 104 Å². The van der Waals surface area contributed by atoms with Crippen molar-refractivity contribution < 1.29 is 14.1 Å². The summed E-state index contributed by atoms with van der Waals surface area (Å²) in [5.41, 5.74) is 4.21. The minimum atomic E-state index is -2.64. The molecule has 0 rings (SSSR count). The zero-order valence-corrected chi connectivity index (χ0v) is 8.69. The normalized spacial score (nSPS) is 20.2. The Bertz CT molecular complexity index is 286. The Morgan fingerprint density at radius 3 is 2.38 bits per heavy atom. The predicted molar refractivity (Wildman–Crippen MR) is 51.1 cm³/mol. The Labute approximate surface area is 78.3 Å². The van der Waals surface area contributed by atoms with Crippen LogP contribution in [0.4, 0.5) is 0 Å². The van der Waals surface area contributed by atoms with Crippen molar-refractivity contribution in [2.24, 2.45) is 5.73 Å². The second-order valence-corrected chi connectivity index (χ2v) is 5.69. The number of nitrogens with one attached hydrogen (secondary N) is 1. The Morgan fingerprint density at radius 1 is 1.69 bits per heavy atom. The number of rotatable bonds is 5. The quantitative estimate of drug-likeness (QED) is 0.602. The molecule has 0 aliphatic heterocycles. The summed E-state index contributed by atoms with van der Waals surface area (Å²) in [6, 6.07) is 0. The number of carboxylic acid groups (broad SMARTS) is 1. The van der Waals surface area contributed by atoms with Gasteiger partial charge in [0.25, 0.3) is 0 Å². The van der Waals surface area contributed by atoms with Crippen LogP contribution >= 0.6 is 0 Å². The lowest BCUT2D eigenvalue weighted by Gasteiger charge is -2.22. The highest BCUT2D eigenvalue weighted by molar-refractivity contribution is 7.91. The Balaban J connectivity index is 4.39. The van der Waals surface area contributed by atoms with Gasteiger partial charge in [-0.25, -0.2) is 0 Å². The molecule has 0 aromatic rings. The highest BCUT2D eigenvalue weighted by atomic mass is 32.2. The van der Waals surface area contributed by atoms with Gasteiger partial charge in [0, 0.05) is 21.7 Å². The number of carbonyl (C=O) groups is 1. The van der Waals surface area contributed by atoms with Crippen molar-refractivity contribution in [3.63, 3.8) is 0 Å². The molecule has 0 aromatic heterocycles. The third-order valence-electron chi connectivity index (χ3n) is 1.99. The van der Waals surface area contributed by atoms with Crippen LogP contribution in [0.3, 0.4) is 0 Å². The first kappa shape index (κ1) is 12.4. The van der Waals surface area contributed by atoms with Crippen molar-refractivity contribution >= 4 is 15.7 Å². The standard InChI is InChI=1S/C7H16N2O3S/c1-3-7(8,6(10)11)4-5-13(2,9)12/h9H,3-5,8H2,1-2H3,(H,10,11)/t7-,13-/m0/s1. The summed E-state index contributed by atoms with van der Waals surface area (Å²) in [6.07, 6.45) is 1.64. The van der Waals surface area contributed by atoms with Crippen LogP contribution < -0.4 is 5.73 Å². The summed E-state index contributed by atoms with van der Waals surface area (Å²) in [5, 5.41) is 8.75. The maximum absolute atomic E-state index is 11.0. The lowest BCUT2D eigenvalue weighted by molar-refractivity contribution is -0.143. The van der Waals surface area contributed by atoms with E-state index in [1.807, 2.05) is 0 Å². The first-order valence-electron chi connectivity index (χ1n) is 3.95. The number of hydrogen-bond donors (Lipinski definition) is 3. The zero-order valence-electron chi connectivity index (χ0n) is 7.87. The maximum Gasteiger partial charge on any atom is 0.323 e. The Hall–Kier alpha value is -0.620. The van der Waals surface area contributed by atoms with Crippen molar-refractivity contribution in [2.75, 3.05) is 12.0 Å². The second kappa shape index (κ2) is 4.06. The summed E-state index contributed by atoms with van der Waals surface area (Å²) >= 11 is 0. The summed E-state index contributed by atoms with van der Waals surface area (Å²) < 4.78 is 18.1. The monoisotopic (exact) mass is 208 g/mol. The van der Waals surface area contributed by atoms with Crippen molar-refractivity contribution in [3.8, 4) is 0 Å². The van der Waals surface area contributed by atoms with E-state index >= 15 is 0 Å². The molecule has 0 saturated heterocycles. The van der Waals surface area contributed by atoms with Gasteiger partial charge in [0.2, 0.25) is 0 Å². The molecule has 78 valence electrons. The molecular weight excluding hydrogens is 192 g/mol. The van der Waals surface area contributed by atoms with E-state index in [9.17, 15) is 9.00 Å². The number of hydrogen-bond acceptors (Lipinski definition) is 4. The second-order valence-electron chi connectivity index (χ2n) is 3.27. The summed E-state index contributed by atoms with van der Waals surface area (Å²) in [7, 11) is -2.64. The molecule has 0 heterocycles. The van der Waals surface area contributed by atoms with Gasteiger partial charge in [-0.2, -0.15) is 0 Å². The number of carboxylic acids is 1. The predicted octanol–water partition coefficient (Wildman–Crippen LogP) is 0.245. The van der Waals surface area contributed by atoms with E-state index in [1.165, 1.54) is 6.26 Å². The van der Waals surface area contributed by atoms with Crippen LogP contribution in [0.15, 0.2) is 0 Å². The van der Waals surface area contributed by atoms with Gasteiger partial charge in [-0.3, -0.25) is 13.8 Å². The van der Waals surface area contributed by atoms with E-state index in [0.29, 0.717) is 0 Å². The van der Waals surface area contributed by atoms with E-state index in [4.69, 9.17) is 15.6 Å². The molecule has 0 aromatic carbocycles. The van der Waals surface area contributed by atoms with Gasteiger partial charge in [-0.05, 0) is 12.8 Å². The highest BCUT2D eigenvalue weighted by Crippen LogP contribution is 2.13. The molecule has 13 heavy (non-hydrogen) atoms. The van der Waals surface area contributed by atoms with Gasteiger partial charge >= 0.3 is 5.97 Å². The highest BCUT2D eigenvalue weighted by Gasteiger charge is 2.31. The van der Waals surface area contributed by atoms with Gasteiger partial charge in [-0.15, -0.1) is 0 Å². The molecule has 4 N–H and O–H groups in total. The van der Waals surface area contributed by atoms with Gasteiger partial charge in [0.15, 0.2) is 0 Å². The van der Waals surface area contributed by atoms with Crippen LogP contribution in [0.2, 0.25) is 0 Å². The lowest BCUT2D eigenvalue weighted by Crippen LogP contribution is -2.48. The zero-order chi connectivity index (χ0) is 10.7. The van der Waals surface area contributed by atoms with E-state index in [2.05, 4.69) is 0 Å². The number of aliphatic carboxylic acids is 1. The third kappa shape index (κ3) is 4.23. The van der Waals surface area contributed by atoms with Gasteiger partial charge < -0.3 is 10.8 Å². The molecule has 0 aliphatic carbocycles. The Morgan fingerprint density at radius 2 is 2.15 bits per heavy atom. The minimum Gasteiger partial charge on any atom is -0.480 e. The lowest BCUT2D eigenvalue weighted by atomic mass is 9.95. The molecule has 0 fully saturated rings. The van der Waals surface area contributed by atoms with Crippen molar-refractivity contribution in [1.82, 2.24) is 0 Å². The molecule has 5 nitrogen and oxygen atoms in total. The first-order valence-corrected chi connectivity index (χ1v) is 6.08. The molecule has 0 saturated carbocycles. The van der Waals surface area contributed by atoms with E-state index in [0.717, 1.165) is 0 Å². The molecule has 0 bridgehead atoms. The fourth-order valence-electron chi connectivity index (χ4n) is 0.812. The fraction of sp³-hybridized carbons (Fsp3) is 0.857. The minimum absolute atomic E-state index is 0.0314. The molecule has 2 atom stereocenters. The maximum atomic E-state index is 11.0. The molecule has 0 unspecified atom stereocenters. The Kier molecular flexibility index (Phi) is 3.87. The summed E-state index contributed by atoms with van der Waals surface area (Å²) in [4.78, 5) is 10.7. The average Bonchev–Trinajstić information content (AvgIpc) is 1.98. The van der Waals surface area contributed by atoms with Crippen LogP contribution in [-0.2, 0) is 14.5 Å². The van der Waals surface area contributed by atoms with E-state index in [-0.39, 0.29) is 18.6 Å². The molecule has 6 heteroatoms. The van der Waals surface area contributed by atoms with Crippen molar-refractivity contribution in [3.05, 3.63) is 0 Å².